The summed E-state index contributed by atoms with van der Waals surface area (Å²) in [7, 11) is -0.0364. The summed E-state index contributed by atoms with van der Waals surface area (Å²) in [5.41, 5.74) is 3.50. The first-order valence-corrected chi connectivity index (χ1v) is 18.3. The van der Waals surface area contributed by atoms with E-state index in [9.17, 15) is 9.90 Å². The number of aliphatic hydroxyl groups is 1. The number of amides is 1. The first-order valence-electron chi connectivity index (χ1n) is 15.1. The van der Waals surface area contributed by atoms with E-state index < -0.39 is 13.7 Å². The van der Waals surface area contributed by atoms with E-state index in [4.69, 9.17) is 9.47 Å². The Bertz CT molecular complexity index is 1080. The van der Waals surface area contributed by atoms with Gasteiger partial charge in [0.2, 0.25) is 0 Å². The molecule has 8 nitrogen and oxygen atoms in total. The lowest BCUT2D eigenvalue weighted by Crippen LogP contribution is -2.50. The van der Waals surface area contributed by atoms with Crippen molar-refractivity contribution >= 4 is 14.0 Å². The van der Waals surface area contributed by atoms with Crippen molar-refractivity contribution in [3.63, 3.8) is 0 Å². The predicted molar refractivity (Wildman–Crippen MR) is 154 cm³/mol. The molecule has 4 atom stereocenters. The Morgan fingerprint density at radius 1 is 1.26 bits per heavy atom. The van der Waals surface area contributed by atoms with Crippen LogP contribution in [0.4, 0.5) is 0 Å². The smallest absolute Gasteiger partial charge is 0.263 e. The Labute approximate surface area is 234 Å². The van der Waals surface area contributed by atoms with Gasteiger partial charge in [-0.05, 0) is 61.6 Å². The lowest BCUT2D eigenvalue weighted by Gasteiger charge is -2.45. The fourth-order valence-electron chi connectivity index (χ4n) is 8.56. The minimum atomic E-state index is -1.88. The molecule has 1 aromatic rings. The van der Waals surface area contributed by atoms with Crippen molar-refractivity contribution in [2.24, 2.45) is 5.92 Å². The van der Waals surface area contributed by atoms with Crippen molar-refractivity contribution in [3.05, 3.63) is 35.8 Å². The average molecular weight is 557 g/mol. The average Bonchev–Trinajstić information content (AvgIpc) is 3.58. The number of aryl methyl sites for hydroxylation is 1. The number of aromatic nitrogens is 3. The number of rotatable bonds is 10. The molecule has 9 heteroatoms. The zero-order valence-corrected chi connectivity index (χ0v) is 25.4. The molecule has 0 radical (unpaired) electrons. The van der Waals surface area contributed by atoms with E-state index in [-0.39, 0.29) is 24.5 Å². The third-order valence-electron chi connectivity index (χ3n) is 10.5. The summed E-state index contributed by atoms with van der Waals surface area (Å²) in [5.74, 6) is 0.281. The minimum absolute atomic E-state index is 0.00406. The number of methoxy groups -OCH3 is 1. The molecule has 0 bridgehead atoms. The van der Waals surface area contributed by atoms with Crippen LogP contribution in [0.25, 0.3) is 0 Å². The molecule has 216 valence electrons. The van der Waals surface area contributed by atoms with Gasteiger partial charge in [0.15, 0.2) is 5.60 Å². The molecule has 1 N–H and O–H groups in total. The highest BCUT2D eigenvalue weighted by molar-refractivity contribution is 6.80. The number of nitrogens with zero attached hydrogens (tertiary/aromatic N) is 4. The maximum absolute atomic E-state index is 14.4. The second-order valence-electron chi connectivity index (χ2n) is 12.8. The third-order valence-corrected chi connectivity index (χ3v) is 15.8. The van der Waals surface area contributed by atoms with Crippen molar-refractivity contribution in [2.45, 2.75) is 120 Å². The number of fused-ring (bicyclic) bond motifs is 1. The first-order chi connectivity index (χ1) is 18.8. The highest BCUT2D eigenvalue weighted by Gasteiger charge is 2.67. The van der Waals surface area contributed by atoms with Crippen molar-refractivity contribution in [1.82, 2.24) is 19.9 Å². The van der Waals surface area contributed by atoms with Gasteiger partial charge in [0.25, 0.3) is 5.91 Å². The summed E-state index contributed by atoms with van der Waals surface area (Å²) < 4.78 is 14.8. The molecule has 2 aliphatic heterocycles. The highest BCUT2D eigenvalue weighted by atomic mass is 28.3. The van der Waals surface area contributed by atoms with Gasteiger partial charge in [-0.1, -0.05) is 44.1 Å². The molecule has 1 saturated carbocycles. The summed E-state index contributed by atoms with van der Waals surface area (Å²) in [5, 5.41) is 17.8. The molecule has 1 amide bonds. The number of carbonyl (C=O) groups is 1. The first kappa shape index (κ1) is 28.7. The number of allylic oxidation sites excluding steroid dienone is 1. The molecule has 5 rings (SSSR count). The Kier molecular flexibility index (Phi) is 8.53. The van der Waals surface area contributed by atoms with Gasteiger partial charge >= 0.3 is 0 Å². The molecule has 3 heterocycles. The quantitative estimate of drug-likeness (QED) is 0.327. The SMILES string of the molecule is C=CCN1C(=O)[C@@]2(O[C@@H](CCn3cc(CCO)nn3)[C@H]([Si](C)(C)C3CCC(OC)CC3)[C@H]2C)C2=C1CCCC2. The molecular formula is C30H48N4O4Si. The van der Waals surface area contributed by atoms with Gasteiger partial charge in [0.05, 0.1) is 26.0 Å². The van der Waals surface area contributed by atoms with Crippen LogP contribution in [0.2, 0.25) is 24.2 Å². The Balaban J connectivity index is 1.48. The van der Waals surface area contributed by atoms with E-state index in [1.54, 1.807) is 0 Å². The number of carbonyl (C=O) groups excluding carboxylic acids is 1. The van der Waals surface area contributed by atoms with Crippen molar-refractivity contribution < 1.29 is 19.4 Å². The van der Waals surface area contributed by atoms with Crippen molar-refractivity contribution in [3.8, 4) is 0 Å². The second kappa shape index (κ2) is 11.6. The monoisotopic (exact) mass is 556 g/mol. The van der Waals surface area contributed by atoms with Crippen LogP contribution >= 0.6 is 0 Å². The van der Waals surface area contributed by atoms with E-state index in [1.807, 2.05) is 29.0 Å². The van der Waals surface area contributed by atoms with Gasteiger partial charge in [-0.3, -0.25) is 9.48 Å². The standard InChI is InChI=1S/C30H48N4O4Si/c1-6-17-34-26-10-8-7-9-25(26)30(29(34)36)21(2)28(39(4,5)24-13-11-23(37-3)12-14-24)27(38-30)15-18-33-20-22(16-19-35)31-32-33/h6,20-21,23-24,27-28,35H,1,7-19H2,2-5H3/t21-,23?,24?,27+,28-,30+/m1/s1. The summed E-state index contributed by atoms with van der Waals surface area (Å²) >= 11 is 0. The zero-order valence-electron chi connectivity index (χ0n) is 24.4. The lowest BCUT2D eigenvalue weighted by molar-refractivity contribution is -0.149. The Morgan fingerprint density at radius 2 is 2.00 bits per heavy atom. The maximum Gasteiger partial charge on any atom is 0.263 e. The molecule has 39 heavy (non-hydrogen) atoms. The van der Waals surface area contributed by atoms with Crippen LogP contribution in [-0.4, -0.2) is 77.1 Å². The van der Waals surface area contributed by atoms with Gasteiger partial charge in [-0.25, -0.2) is 0 Å². The van der Waals surface area contributed by atoms with Crippen LogP contribution in [0.3, 0.4) is 0 Å². The molecule has 1 spiro atoms. The van der Waals surface area contributed by atoms with Gasteiger partial charge in [0, 0.05) is 51.0 Å². The second-order valence-corrected chi connectivity index (χ2v) is 17.9. The fourth-order valence-corrected chi connectivity index (χ4v) is 13.6. The molecule has 2 fully saturated rings. The molecule has 0 aromatic carbocycles. The van der Waals surface area contributed by atoms with Gasteiger partial charge in [0.1, 0.15) is 0 Å². The van der Waals surface area contributed by atoms with E-state index in [0.29, 0.717) is 36.7 Å². The number of ether oxygens (including phenoxy) is 2. The van der Waals surface area contributed by atoms with Crippen LogP contribution in [-0.2, 0) is 27.2 Å². The molecular weight excluding hydrogens is 508 g/mol. The molecule has 1 aromatic heterocycles. The number of aliphatic hydroxyl groups excluding tert-OH is 1. The lowest BCUT2D eigenvalue weighted by atomic mass is 9.78. The van der Waals surface area contributed by atoms with E-state index >= 15 is 0 Å². The van der Waals surface area contributed by atoms with E-state index in [2.05, 4.69) is 36.9 Å². The summed E-state index contributed by atoms with van der Waals surface area (Å²) in [6, 6.07) is 0. The molecule has 0 unspecified atom stereocenters. The number of hydrogen-bond acceptors (Lipinski definition) is 6. The summed E-state index contributed by atoms with van der Waals surface area (Å²) in [6.07, 6.45) is 14.3. The van der Waals surface area contributed by atoms with Crippen LogP contribution in [0.15, 0.2) is 30.1 Å². The van der Waals surface area contributed by atoms with Crippen LogP contribution in [0, 0.1) is 5.92 Å². The Morgan fingerprint density at radius 3 is 2.69 bits per heavy atom. The normalized spacial score (nSPS) is 33.3. The minimum Gasteiger partial charge on any atom is -0.396 e. The molecule has 4 aliphatic rings. The summed E-state index contributed by atoms with van der Waals surface area (Å²) in [6.45, 7) is 12.7. The maximum atomic E-state index is 14.4. The fraction of sp³-hybridized carbons (Fsp3) is 0.767. The summed E-state index contributed by atoms with van der Waals surface area (Å²) in [4.78, 5) is 16.4. The van der Waals surface area contributed by atoms with Gasteiger partial charge in [-0.15, -0.1) is 11.7 Å². The van der Waals surface area contributed by atoms with E-state index in [0.717, 1.165) is 50.6 Å². The molecule has 2 aliphatic carbocycles. The number of hydrogen-bond donors (Lipinski definition) is 1. The van der Waals surface area contributed by atoms with Gasteiger partial charge in [-0.2, -0.15) is 0 Å². The predicted octanol–water partition coefficient (Wildman–Crippen LogP) is 4.87. The van der Waals surface area contributed by atoms with Crippen molar-refractivity contribution in [2.75, 3.05) is 20.3 Å². The zero-order chi connectivity index (χ0) is 27.8. The highest BCUT2D eigenvalue weighted by Crippen LogP contribution is 2.61. The van der Waals surface area contributed by atoms with Crippen molar-refractivity contribution in [1.29, 1.82) is 0 Å². The largest absolute Gasteiger partial charge is 0.396 e. The van der Waals surface area contributed by atoms with Crippen LogP contribution in [0.1, 0.15) is 70.4 Å². The molecule has 1 saturated heterocycles. The topological polar surface area (TPSA) is 89.7 Å². The van der Waals surface area contributed by atoms with Gasteiger partial charge < -0.3 is 19.5 Å². The third kappa shape index (κ3) is 4.98. The van der Waals surface area contributed by atoms with Crippen LogP contribution in [0.5, 0.6) is 0 Å². The van der Waals surface area contributed by atoms with Crippen LogP contribution < -0.4 is 0 Å². The Hall–Kier alpha value is -1.81. The van der Waals surface area contributed by atoms with E-state index in [1.165, 1.54) is 24.1 Å².